The van der Waals surface area contributed by atoms with Crippen molar-refractivity contribution in [3.8, 4) is 0 Å². The predicted octanol–water partition coefficient (Wildman–Crippen LogP) is 0.0316. The van der Waals surface area contributed by atoms with Gasteiger partial charge in [-0.15, -0.1) is 0 Å². The number of hydrogen-bond acceptors (Lipinski definition) is 2. The van der Waals surface area contributed by atoms with E-state index in [-0.39, 0.29) is 18.4 Å². The number of nitrogens with zero attached hydrogens (tertiary/aromatic N) is 2. The van der Waals surface area contributed by atoms with Crippen molar-refractivity contribution in [3.63, 3.8) is 0 Å². The molecule has 0 amide bonds. The van der Waals surface area contributed by atoms with Crippen molar-refractivity contribution in [1.29, 1.82) is 0 Å². The summed E-state index contributed by atoms with van der Waals surface area (Å²) in [6.45, 7) is 19.9. The highest BCUT2D eigenvalue weighted by atomic mass is 29.2. The van der Waals surface area contributed by atoms with E-state index in [0.717, 1.165) is 6.04 Å². The van der Waals surface area contributed by atoms with Crippen LogP contribution in [0.2, 0.25) is 39.3 Å². The second-order valence-corrected chi connectivity index (χ2v) is 22.2. The molecule has 0 radical (unpaired) electrons. The van der Waals surface area contributed by atoms with Crippen LogP contribution in [0.15, 0.2) is 0 Å². The fraction of sp³-hybridized carbons (Fsp3) is 1.00. The first-order valence-electron chi connectivity index (χ1n) is 6.78. The van der Waals surface area contributed by atoms with Gasteiger partial charge in [-0.25, -0.2) is 0 Å². The van der Waals surface area contributed by atoms with Crippen molar-refractivity contribution >= 4 is 45.3 Å². The minimum Gasteiger partial charge on any atom is -0.380 e. The minimum atomic E-state index is -0.531. The van der Waals surface area contributed by atoms with E-state index < -0.39 is 26.9 Å². The summed E-state index contributed by atoms with van der Waals surface area (Å²) in [5, 5.41) is 0. The van der Waals surface area contributed by atoms with Crippen LogP contribution in [0.5, 0.6) is 0 Å². The van der Waals surface area contributed by atoms with Crippen molar-refractivity contribution in [2.75, 3.05) is 0 Å². The van der Waals surface area contributed by atoms with Crippen molar-refractivity contribution in [3.05, 3.63) is 0 Å². The largest absolute Gasteiger partial charge is 0.380 e. The van der Waals surface area contributed by atoms with E-state index in [1.165, 1.54) is 0 Å². The standard InChI is InChI=1S/C9H32N2Si5/c1-9(2)10(14(3)4)12-13-11(15(5)6)16(7)8/h9,14-16H,12-13H2,1-8H3. The molecule has 0 rings (SSSR count). The summed E-state index contributed by atoms with van der Waals surface area (Å²) >= 11 is 0. The molecule has 0 aliphatic rings. The molecule has 0 aliphatic heterocycles. The summed E-state index contributed by atoms with van der Waals surface area (Å²) in [5.41, 5.74) is 0. The Kier molecular flexibility index (Phi) is 8.68. The van der Waals surface area contributed by atoms with Crippen LogP contribution in [0.25, 0.3) is 0 Å². The molecular weight excluding hydrogens is 277 g/mol. The lowest BCUT2D eigenvalue weighted by atomic mass is 10.4. The van der Waals surface area contributed by atoms with Crippen LogP contribution in [0, 0.1) is 0 Å². The van der Waals surface area contributed by atoms with Crippen LogP contribution >= 0.6 is 0 Å². The third kappa shape index (κ3) is 6.08. The lowest BCUT2D eigenvalue weighted by molar-refractivity contribution is 0.546. The van der Waals surface area contributed by atoms with E-state index in [1.54, 1.807) is 0 Å². The van der Waals surface area contributed by atoms with Crippen LogP contribution in [0.4, 0.5) is 0 Å². The normalized spacial score (nSPS) is 14.6. The molecule has 0 atom stereocenters. The first kappa shape index (κ1) is 17.0. The van der Waals surface area contributed by atoms with Gasteiger partial charge in [0.1, 0.15) is 0 Å². The Morgan fingerprint density at radius 1 is 0.750 bits per heavy atom. The first-order chi connectivity index (χ1) is 7.27. The van der Waals surface area contributed by atoms with Crippen molar-refractivity contribution in [2.45, 2.75) is 59.2 Å². The third-order valence-electron chi connectivity index (χ3n) is 3.27. The molecule has 0 fully saturated rings. The monoisotopic (exact) mass is 308 g/mol. The Hall–Kier alpha value is 1.00. The van der Waals surface area contributed by atoms with E-state index in [4.69, 9.17) is 0 Å². The maximum Gasteiger partial charge on any atom is 0.0979 e. The summed E-state index contributed by atoms with van der Waals surface area (Å²) in [6, 6.07) is 0.829. The number of hydrogen-bond donors (Lipinski definition) is 0. The van der Waals surface area contributed by atoms with Gasteiger partial charge in [-0.05, 0) is 6.04 Å². The van der Waals surface area contributed by atoms with E-state index in [1.807, 2.05) is 0 Å². The summed E-state index contributed by atoms with van der Waals surface area (Å²) in [7, 11) is -1.22. The Morgan fingerprint density at radius 2 is 1.19 bits per heavy atom. The van der Waals surface area contributed by atoms with Gasteiger partial charge >= 0.3 is 0 Å². The van der Waals surface area contributed by atoms with Crippen LogP contribution < -0.4 is 0 Å². The van der Waals surface area contributed by atoms with Gasteiger partial charge in [0.15, 0.2) is 0 Å². The lowest BCUT2D eigenvalue weighted by Crippen LogP contribution is -2.54. The zero-order chi connectivity index (χ0) is 12.9. The van der Waals surface area contributed by atoms with Crippen LogP contribution in [0.3, 0.4) is 0 Å². The molecular formula is C9H32N2Si5. The highest BCUT2D eigenvalue weighted by molar-refractivity contribution is 7.07. The van der Waals surface area contributed by atoms with E-state index in [2.05, 4.69) is 61.3 Å². The Labute approximate surface area is 112 Å². The average molecular weight is 309 g/mol. The van der Waals surface area contributed by atoms with Crippen LogP contribution in [-0.2, 0) is 0 Å². The van der Waals surface area contributed by atoms with Gasteiger partial charge in [0.2, 0.25) is 0 Å². The molecule has 16 heavy (non-hydrogen) atoms. The van der Waals surface area contributed by atoms with Gasteiger partial charge in [-0.3, -0.25) is 0 Å². The van der Waals surface area contributed by atoms with Gasteiger partial charge in [0, 0.05) is 0 Å². The molecule has 0 aromatic heterocycles. The SMILES string of the molecule is CC(C)N([SiH2][SiH2]N([SiH](C)C)[SiH](C)C)[SiH](C)C. The molecule has 7 heteroatoms. The van der Waals surface area contributed by atoms with Gasteiger partial charge in [-0.2, -0.15) is 0 Å². The zero-order valence-electron chi connectivity index (χ0n) is 12.6. The topological polar surface area (TPSA) is 6.48 Å². The molecule has 0 saturated carbocycles. The van der Waals surface area contributed by atoms with Crippen LogP contribution in [0.1, 0.15) is 13.8 Å². The molecule has 98 valence electrons. The maximum absolute atomic E-state index is 3.07. The summed E-state index contributed by atoms with van der Waals surface area (Å²) in [4.78, 5) is 0. The van der Waals surface area contributed by atoms with Gasteiger partial charge < -0.3 is 8.13 Å². The van der Waals surface area contributed by atoms with E-state index in [0.29, 0.717) is 0 Å². The van der Waals surface area contributed by atoms with E-state index in [9.17, 15) is 0 Å². The summed E-state index contributed by atoms with van der Waals surface area (Å²) < 4.78 is 6.02. The molecule has 0 saturated heterocycles. The second kappa shape index (κ2) is 8.17. The van der Waals surface area contributed by atoms with Crippen molar-refractivity contribution < 1.29 is 0 Å². The third-order valence-corrected chi connectivity index (χ3v) is 30.6. The fourth-order valence-electron chi connectivity index (χ4n) is 2.46. The smallest absolute Gasteiger partial charge is 0.0979 e. The highest BCUT2D eigenvalue weighted by Crippen LogP contribution is 2.02. The number of rotatable bonds is 7. The summed E-state index contributed by atoms with van der Waals surface area (Å²) in [5.74, 6) is 0. The molecule has 0 unspecified atom stereocenters. The van der Waals surface area contributed by atoms with Gasteiger partial charge in [0.05, 0.1) is 45.3 Å². The Balaban J connectivity index is 4.27. The minimum absolute atomic E-state index is 0.127. The first-order valence-corrected chi connectivity index (χ1v) is 20.5. The maximum atomic E-state index is 3.07. The zero-order valence-corrected chi connectivity index (χ0v) is 18.9. The predicted molar refractivity (Wildman–Crippen MR) is 92.5 cm³/mol. The quantitative estimate of drug-likeness (QED) is 0.613. The Bertz CT molecular complexity index is 151. The fourth-order valence-corrected chi connectivity index (χ4v) is 35.6. The molecule has 0 N–H and O–H groups in total. The molecule has 0 bridgehead atoms. The van der Waals surface area contributed by atoms with Crippen molar-refractivity contribution in [2.24, 2.45) is 0 Å². The molecule has 0 aromatic carbocycles. The average Bonchev–Trinajstić information content (AvgIpc) is 2.09. The summed E-state index contributed by atoms with van der Waals surface area (Å²) in [6.07, 6.45) is 0. The van der Waals surface area contributed by atoms with Gasteiger partial charge in [0.25, 0.3) is 0 Å². The Morgan fingerprint density at radius 3 is 1.44 bits per heavy atom. The molecule has 0 aromatic rings. The lowest BCUT2D eigenvalue weighted by Gasteiger charge is -2.35. The second-order valence-electron chi connectivity index (χ2n) is 5.85. The van der Waals surface area contributed by atoms with Gasteiger partial charge in [-0.1, -0.05) is 53.1 Å². The highest BCUT2D eigenvalue weighted by Gasteiger charge is 2.19. The molecule has 0 heterocycles. The van der Waals surface area contributed by atoms with Crippen molar-refractivity contribution in [1.82, 2.24) is 8.13 Å². The molecule has 0 aliphatic carbocycles. The van der Waals surface area contributed by atoms with Crippen LogP contribution in [-0.4, -0.2) is 59.4 Å². The molecule has 2 nitrogen and oxygen atoms in total. The van der Waals surface area contributed by atoms with E-state index >= 15 is 0 Å². The molecule has 0 spiro atoms.